The fraction of sp³-hybridized carbons (Fsp3) is 0.130. The van der Waals surface area contributed by atoms with Gasteiger partial charge in [-0.2, -0.15) is 5.10 Å². The van der Waals surface area contributed by atoms with E-state index in [2.05, 4.69) is 62.6 Å². The van der Waals surface area contributed by atoms with Crippen LogP contribution in [0.3, 0.4) is 0 Å². The predicted molar refractivity (Wildman–Crippen MR) is 131 cm³/mol. The SMILES string of the molecule is C=CCNC(=S)N/N=C/c1cc(Br)c(OCc2cccc3ccccc23)c(OC)c1. The Morgan fingerprint density at radius 1 is 1.20 bits per heavy atom. The maximum absolute atomic E-state index is 6.12. The van der Waals surface area contributed by atoms with Crippen LogP contribution >= 0.6 is 28.1 Å². The Labute approximate surface area is 189 Å². The van der Waals surface area contributed by atoms with E-state index in [9.17, 15) is 0 Å². The van der Waals surface area contributed by atoms with Crippen molar-refractivity contribution in [2.75, 3.05) is 13.7 Å². The van der Waals surface area contributed by atoms with Crippen molar-refractivity contribution >= 4 is 50.2 Å². The molecule has 0 heterocycles. The fourth-order valence-corrected chi connectivity index (χ4v) is 3.60. The van der Waals surface area contributed by atoms with Crippen LogP contribution in [-0.4, -0.2) is 25.0 Å². The number of hydrazone groups is 1. The van der Waals surface area contributed by atoms with E-state index >= 15 is 0 Å². The van der Waals surface area contributed by atoms with Crippen molar-refractivity contribution in [2.45, 2.75) is 6.61 Å². The Kier molecular flexibility index (Phi) is 7.82. The summed E-state index contributed by atoms with van der Waals surface area (Å²) in [5.74, 6) is 1.25. The normalized spacial score (nSPS) is 10.7. The third-order valence-corrected chi connectivity index (χ3v) is 5.12. The molecular weight excluding hydrogens is 462 g/mol. The number of halogens is 1. The number of fused-ring (bicyclic) bond motifs is 1. The van der Waals surface area contributed by atoms with Crippen LogP contribution < -0.4 is 20.2 Å². The van der Waals surface area contributed by atoms with Crippen molar-refractivity contribution in [2.24, 2.45) is 5.10 Å². The molecule has 7 heteroatoms. The van der Waals surface area contributed by atoms with Gasteiger partial charge in [0.1, 0.15) is 6.61 Å². The predicted octanol–water partition coefficient (Wildman–Crippen LogP) is 5.17. The fourth-order valence-electron chi connectivity index (χ4n) is 2.89. The average molecular weight is 484 g/mol. The number of nitrogens with zero attached hydrogens (tertiary/aromatic N) is 1. The summed E-state index contributed by atoms with van der Waals surface area (Å²) in [5.41, 5.74) is 4.69. The molecule has 0 amide bonds. The van der Waals surface area contributed by atoms with Crippen molar-refractivity contribution in [3.05, 3.63) is 82.9 Å². The third kappa shape index (κ3) is 5.58. The van der Waals surface area contributed by atoms with Crippen LogP contribution in [0.4, 0.5) is 0 Å². The van der Waals surface area contributed by atoms with Crippen molar-refractivity contribution in [3.63, 3.8) is 0 Å². The minimum Gasteiger partial charge on any atom is -0.493 e. The lowest BCUT2D eigenvalue weighted by atomic mass is 10.1. The van der Waals surface area contributed by atoms with Crippen LogP contribution in [0.2, 0.25) is 0 Å². The molecule has 0 atom stereocenters. The first kappa shape index (κ1) is 21.8. The van der Waals surface area contributed by atoms with E-state index in [1.165, 1.54) is 10.8 Å². The summed E-state index contributed by atoms with van der Waals surface area (Å²) in [5, 5.41) is 9.86. The highest BCUT2D eigenvalue weighted by Crippen LogP contribution is 2.37. The quantitative estimate of drug-likeness (QED) is 0.200. The minimum absolute atomic E-state index is 0.423. The van der Waals surface area contributed by atoms with Crippen LogP contribution in [0.1, 0.15) is 11.1 Å². The maximum atomic E-state index is 6.12. The van der Waals surface area contributed by atoms with Crippen LogP contribution in [0.15, 0.2) is 76.8 Å². The molecule has 0 saturated heterocycles. The van der Waals surface area contributed by atoms with Gasteiger partial charge in [0.25, 0.3) is 0 Å². The molecule has 5 nitrogen and oxygen atoms in total. The first-order chi connectivity index (χ1) is 14.6. The number of thiocarbonyl (C=S) groups is 1. The molecule has 0 aliphatic heterocycles. The molecule has 0 aromatic heterocycles. The van der Waals surface area contributed by atoms with Gasteiger partial charge in [0.2, 0.25) is 0 Å². The molecule has 3 rings (SSSR count). The van der Waals surface area contributed by atoms with Gasteiger partial charge in [-0.15, -0.1) is 6.58 Å². The molecule has 0 bridgehead atoms. The number of hydrogen-bond donors (Lipinski definition) is 2. The van der Waals surface area contributed by atoms with E-state index in [4.69, 9.17) is 21.7 Å². The standard InChI is InChI=1S/C23H22BrN3O2S/c1-3-11-25-23(30)27-26-14-16-12-20(24)22(21(13-16)28-2)29-15-18-9-6-8-17-7-4-5-10-19(17)18/h3-10,12-14H,1,11,15H2,2H3,(H2,25,27,30)/b26-14+. The first-order valence-electron chi connectivity index (χ1n) is 9.27. The lowest BCUT2D eigenvalue weighted by Crippen LogP contribution is -2.31. The lowest BCUT2D eigenvalue weighted by Gasteiger charge is -2.14. The van der Waals surface area contributed by atoms with E-state index in [-0.39, 0.29) is 0 Å². The zero-order chi connectivity index (χ0) is 21.3. The molecular formula is C23H22BrN3O2S. The zero-order valence-corrected chi connectivity index (χ0v) is 18.9. The van der Waals surface area contributed by atoms with Gasteiger partial charge in [0, 0.05) is 6.54 Å². The number of benzene rings is 3. The second kappa shape index (κ2) is 10.8. The second-order valence-electron chi connectivity index (χ2n) is 6.33. The van der Waals surface area contributed by atoms with Crippen LogP contribution in [-0.2, 0) is 6.61 Å². The molecule has 0 fully saturated rings. The van der Waals surface area contributed by atoms with E-state index in [1.54, 1.807) is 19.4 Å². The number of methoxy groups -OCH3 is 1. The van der Waals surface area contributed by atoms with Crippen LogP contribution in [0.25, 0.3) is 10.8 Å². The summed E-state index contributed by atoms with van der Waals surface area (Å²) < 4.78 is 12.4. The Balaban J connectivity index is 1.74. The summed E-state index contributed by atoms with van der Waals surface area (Å²) in [7, 11) is 1.61. The molecule has 0 spiro atoms. The van der Waals surface area contributed by atoms with Crippen LogP contribution in [0.5, 0.6) is 11.5 Å². The van der Waals surface area contributed by atoms with Gasteiger partial charge < -0.3 is 14.8 Å². The van der Waals surface area contributed by atoms with E-state index < -0.39 is 0 Å². The summed E-state index contributed by atoms with van der Waals surface area (Å²) in [6.07, 6.45) is 3.38. The number of ether oxygens (including phenoxy) is 2. The molecule has 30 heavy (non-hydrogen) atoms. The van der Waals surface area contributed by atoms with Gasteiger partial charge >= 0.3 is 0 Å². The molecule has 0 saturated carbocycles. The Bertz CT molecular complexity index is 1080. The van der Waals surface area contributed by atoms with Gasteiger partial charge in [-0.05, 0) is 62.2 Å². The largest absolute Gasteiger partial charge is 0.493 e. The third-order valence-electron chi connectivity index (χ3n) is 4.29. The van der Waals surface area contributed by atoms with Gasteiger partial charge in [-0.1, -0.05) is 48.5 Å². The average Bonchev–Trinajstić information content (AvgIpc) is 2.76. The number of rotatable bonds is 8. The van der Waals surface area contributed by atoms with Crippen molar-refractivity contribution in [1.29, 1.82) is 0 Å². The summed E-state index contributed by atoms with van der Waals surface area (Å²) in [6, 6.07) is 18.2. The molecule has 0 aliphatic carbocycles. The first-order valence-corrected chi connectivity index (χ1v) is 10.5. The molecule has 3 aromatic rings. The molecule has 154 valence electrons. The van der Waals surface area contributed by atoms with Gasteiger partial charge in [-0.3, -0.25) is 5.43 Å². The highest BCUT2D eigenvalue weighted by molar-refractivity contribution is 9.10. The van der Waals surface area contributed by atoms with Crippen LogP contribution in [0, 0.1) is 0 Å². The number of nitrogens with one attached hydrogen (secondary N) is 2. The summed E-state index contributed by atoms with van der Waals surface area (Å²) in [6.45, 7) is 4.63. The van der Waals surface area contributed by atoms with E-state index in [1.807, 2.05) is 30.3 Å². The highest BCUT2D eigenvalue weighted by Gasteiger charge is 2.12. The smallest absolute Gasteiger partial charge is 0.187 e. The molecule has 0 aliphatic rings. The minimum atomic E-state index is 0.423. The van der Waals surface area contributed by atoms with E-state index in [0.29, 0.717) is 29.8 Å². The monoisotopic (exact) mass is 483 g/mol. The van der Waals surface area contributed by atoms with Gasteiger partial charge in [-0.25, -0.2) is 0 Å². The van der Waals surface area contributed by atoms with E-state index in [0.717, 1.165) is 15.6 Å². The summed E-state index contributed by atoms with van der Waals surface area (Å²) in [4.78, 5) is 0. The molecule has 0 radical (unpaired) electrons. The Morgan fingerprint density at radius 2 is 2.00 bits per heavy atom. The van der Waals surface area contributed by atoms with Gasteiger partial charge in [0.05, 0.1) is 17.8 Å². The Hall–Kier alpha value is -2.90. The summed E-state index contributed by atoms with van der Waals surface area (Å²) >= 11 is 8.69. The second-order valence-corrected chi connectivity index (χ2v) is 7.59. The van der Waals surface area contributed by atoms with Crippen molar-refractivity contribution < 1.29 is 9.47 Å². The maximum Gasteiger partial charge on any atom is 0.187 e. The molecule has 0 unspecified atom stereocenters. The molecule has 3 aromatic carbocycles. The number of hydrogen-bond acceptors (Lipinski definition) is 4. The lowest BCUT2D eigenvalue weighted by molar-refractivity contribution is 0.283. The highest BCUT2D eigenvalue weighted by atomic mass is 79.9. The molecule has 2 N–H and O–H groups in total. The topological polar surface area (TPSA) is 54.9 Å². The zero-order valence-electron chi connectivity index (χ0n) is 16.5. The Morgan fingerprint density at radius 3 is 2.80 bits per heavy atom. The van der Waals surface area contributed by atoms with Crippen molar-refractivity contribution in [3.8, 4) is 11.5 Å². The van der Waals surface area contributed by atoms with Gasteiger partial charge in [0.15, 0.2) is 16.6 Å². The van der Waals surface area contributed by atoms with Crippen molar-refractivity contribution in [1.82, 2.24) is 10.7 Å².